The first-order chi connectivity index (χ1) is 9.29. The van der Waals surface area contributed by atoms with Gasteiger partial charge in [0.15, 0.2) is 0 Å². The fourth-order valence-electron chi connectivity index (χ4n) is 1.77. The third-order valence-corrected chi connectivity index (χ3v) is 2.75. The fraction of sp³-hybridized carbons (Fsp3) is 0.200. The number of ether oxygens (including phenoxy) is 1. The summed E-state index contributed by atoms with van der Waals surface area (Å²) in [5.41, 5.74) is 6.23. The predicted molar refractivity (Wildman–Crippen MR) is 85.0 cm³/mol. The van der Waals surface area contributed by atoms with E-state index in [4.69, 9.17) is 4.74 Å². The van der Waals surface area contributed by atoms with Gasteiger partial charge in [-0.05, 0) is 36.2 Å². The predicted octanol–water partition coefficient (Wildman–Crippen LogP) is 3.46. The Morgan fingerprint density at radius 1 is 1.25 bits per heavy atom. The number of anilines is 1. The highest BCUT2D eigenvalue weighted by Crippen LogP contribution is 2.18. The van der Waals surface area contributed by atoms with Crippen LogP contribution >= 0.6 is 12.4 Å². The molecule has 0 aliphatic rings. The van der Waals surface area contributed by atoms with Crippen molar-refractivity contribution in [2.75, 3.05) is 12.5 Å². The molecular weight excluding hydrogens is 274 g/mol. The molecular formula is C15H18ClN3O. The van der Waals surface area contributed by atoms with E-state index in [1.165, 1.54) is 5.56 Å². The van der Waals surface area contributed by atoms with Gasteiger partial charge in [0.05, 0.1) is 12.8 Å². The van der Waals surface area contributed by atoms with Gasteiger partial charge in [-0.2, -0.15) is 5.10 Å². The zero-order chi connectivity index (χ0) is 13.5. The molecule has 20 heavy (non-hydrogen) atoms. The molecule has 0 spiro atoms. The highest BCUT2D eigenvalue weighted by Gasteiger charge is 1.98. The van der Waals surface area contributed by atoms with Crippen LogP contribution in [-0.2, 0) is 6.42 Å². The van der Waals surface area contributed by atoms with E-state index in [1.807, 2.05) is 37.4 Å². The van der Waals surface area contributed by atoms with E-state index < -0.39 is 0 Å². The molecule has 1 aromatic carbocycles. The monoisotopic (exact) mass is 291 g/mol. The summed E-state index contributed by atoms with van der Waals surface area (Å²) in [5, 5.41) is 4.18. The normalized spacial score (nSPS) is 10.1. The summed E-state index contributed by atoms with van der Waals surface area (Å²) in [5.74, 6) is 0.913. The Morgan fingerprint density at radius 3 is 2.65 bits per heavy atom. The van der Waals surface area contributed by atoms with Crippen molar-refractivity contribution >= 4 is 24.3 Å². The van der Waals surface area contributed by atoms with Crippen molar-refractivity contribution in [3.05, 3.63) is 53.9 Å². The summed E-state index contributed by atoms with van der Waals surface area (Å²) < 4.78 is 5.23. The number of hydrogen-bond acceptors (Lipinski definition) is 4. The van der Waals surface area contributed by atoms with Gasteiger partial charge in [-0.3, -0.25) is 10.4 Å². The van der Waals surface area contributed by atoms with E-state index in [0.29, 0.717) is 0 Å². The highest BCUT2D eigenvalue weighted by atomic mass is 35.5. The topological polar surface area (TPSA) is 46.5 Å². The van der Waals surface area contributed by atoms with Crippen molar-refractivity contribution < 1.29 is 4.74 Å². The molecule has 0 atom stereocenters. The van der Waals surface area contributed by atoms with Gasteiger partial charge < -0.3 is 4.74 Å². The van der Waals surface area contributed by atoms with Gasteiger partial charge in [0, 0.05) is 25.0 Å². The van der Waals surface area contributed by atoms with Gasteiger partial charge >= 0.3 is 0 Å². The van der Waals surface area contributed by atoms with Crippen molar-refractivity contribution in [1.82, 2.24) is 4.98 Å². The Bertz CT molecular complexity index is 558. The van der Waals surface area contributed by atoms with Crippen LogP contribution in [0, 0.1) is 6.92 Å². The number of hydrazone groups is 1. The highest BCUT2D eigenvalue weighted by molar-refractivity contribution is 5.85. The van der Waals surface area contributed by atoms with Crippen molar-refractivity contribution in [3.63, 3.8) is 0 Å². The van der Waals surface area contributed by atoms with Crippen LogP contribution in [0.25, 0.3) is 0 Å². The van der Waals surface area contributed by atoms with Crippen molar-refractivity contribution in [3.8, 4) is 5.75 Å². The fourth-order valence-corrected chi connectivity index (χ4v) is 1.77. The SMILES string of the molecule is COc1ccc(C/C=N/Nc2ccncc2)cc1C.Cl. The lowest BCUT2D eigenvalue weighted by molar-refractivity contribution is 0.411. The number of nitrogens with one attached hydrogen (secondary N) is 1. The zero-order valence-corrected chi connectivity index (χ0v) is 12.4. The second kappa shape index (κ2) is 8.17. The van der Waals surface area contributed by atoms with E-state index in [9.17, 15) is 0 Å². The largest absolute Gasteiger partial charge is 0.496 e. The van der Waals surface area contributed by atoms with Crippen LogP contribution in [-0.4, -0.2) is 18.3 Å². The van der Waals surface area contributed by atoms with Crippen molar-refractivity contribution in [1.29, 1.82) is 0 Å². The zero-order valence-electron chi connectivity index (χ0n) is 11.5. The third kappa shape index (κ3) is 4.55. The van der Waals surface area contributed by atoms with Gasteiger partial charge in [-0.15, -0.1) is 12.4 Å². The summed E-state index contributed by atoms with van der Waals surface area (Å²) in [6.07, 6.45) is 6.08. The maximum Gasteiger partial charge on any atom is 0.121 e. The lowest BCUT2D eigenvalue weighted by atomic mass is 10.1. The Morgan fingerprint density at radius 2 is 2.00 bits per heavy atom. The van der Waals surface area contributed by atoms with Gasteiger partial charge in [-0.25, -0.2) is 0 Å². The molecule has 0 fully saturated rings. The maximum atomic E-state index is 5.23. The van der Waals surface area contributed by atoms with Gasteiger partial charge in [0.25, 0.3) is 0 Å². The number of aromatic nitrogens is 1. The number of hydrogen-bond donors (Lipinski definition) is 1. The van der Waals surface area contributed by atoms with Crippen LogP contribution in [0.2, 0.25) is 0 Å². The molecule has 2 aromatic rings. The molecule has 0 aliphatic carbocycles. The van der Waals surface area contributed by atoms with Crippen molar-refractivity contribution in [2.24, 2.45) is 5.10 Å². The summed E-state index contributed by atoms with van der Waals surface area (Å²) in [6, 6.07) is 9.88. The van der Waals surface area contributed by atoms with Crippen LogP contribution in [0.15, 0.2) is 47.8 Å². The first-order valence-corrected chi connectivity index (χ1v) is 6.10. The number of pyridine rings is 1. The van der Waals surface area contributed by atoms with E-state index in [1.54, 1.807) is 19.5 Å². The third-order valence-electron chi connectivity index (χ3n) is 2.75. The van der Waals surface area contributed by atoms with E-state index in [-0.39, 0.29) is 12.4 Å². The minimum atomic E-state index is 0. The van der Waals surface area contributed by atoms with Crippen LogP contribution in [0.4, 0.5) is 5.69 Å². The second-order valence-electron chi connectivity index (χ2n) is 4.17. The molecule has 0 saturated carbocycles. The second-order valence-corrected chi connectivity index (χ2v) is 4.17. The summed E-state index contributed by atoms with van der Waals surface area (Å²) in [6.45, 7) is 2.04. The summed E-state index contributed by atoms with van der Waals surface area (Å²) in [7, 11) is 1.68. The number of aryl methyl sites for hydroxylation is 1. The van der Waals surface area contributed by atoms with Gasteiger partial charge in [0.1, 0.15) is 5.75 Å². The van der Waals surface area contributed by atoms with E-state index >= 15 is 0 Å². The number of methoxy groups -OCH3 is 1. The van der Waals surface area contributed by atoms with Crippen LogP contribution in [0.5, 0.6) is 5.75 Å². The molecule has 0 aliphatic heterocycles. The summed E-state index contributed by atoms with van der Waals surface area (Å²) >= 11 is 0. The van der Waals surface area contributed by atoms with E-state index in [0.717, 1.165) is 23.4 Å². The van der Waals surface area contributed by atoms with Crippen molar-refractivity contribution in [2.45, 2.75) is 13.3 Å². The summed E-state index contributed by atoms with van der Waals surface area (Å²) in [4.78, 5) is 3.94. The van der Waals surface area contributed by atoms with Gasteiger partial charge in [-0.1, -0.05) is 12.1 Å². The number of nitrogens with zero attached hydrogens (tertiary/aromatic N) is 2. The van der Waals surface area contributed by atoms with Crippen LogP contribution in [0.1, 0.15) is 11.1 Å². The molecule has 106 valence electrons. The van der Waals surface area contributed by atoms with Crippen LogP contribution < -0.4 is 10.2 Å². The molecule has 1 heterocycles. The first kappa shape index (κ1) is 16.0. The van der Waals surface area contributed by atoms with Crippen LogP contribution in [0.3, 0.4) is 0 Å². The molecule has 1 N–H and O–H groups in total. The lowest BCUT2D eigenvalue weighted by Crippen LogP contribution is -1.94. The molecule has 0 bridgehead atoms. The average Bonchev–Trinajstić information content (AvgIpc) is 2.45. The quantitative estimate of drug-likeness (QED) is 0.678. The smallest absolute Gasteiger partial charge is 0.121 e. The Hall–Kier alpha value is -2.07. The minimum absolute atomic E-state index is 0. The Balaban J connectivity index is 0.00000200. The number of rotatable bonds is 5. The standard InChI is InChI=1S/C15H17N3O.ClH/c1-12-11-13(3-4-15(12)19-2)5-10-17-18-14-6-8-16-9-7-14;/h3-4,6-11H,5H2,1-2H3,(H,16,18);1H/b17-10+;. The van der Waals surface area contributed by atoms with Gasteiger partial charge in [0.2, 0.25) is 0 Å². The lowest BCUT2D eigenvalue weighted by Gasteiger charge is -2.05. The molecule has 0 unspecified atom stereocenters. The maximum absolute atomic E-state index is 5.23. The number of benzene rings is 1. The minimum Gasteiger partial charge on any atom is -0.496 e. The average molecular weight is 292 g/mol. The molecule has 2 rings (SSSR count). The Labute approximate surface area is 125 Å². The Kier molecular flexibility index (Phi) is 6.53. The molecule has 1 aromatic heterocycles. The molecule has 5 heteroatoms. The first-order valence-electron chi connectivity index (χ1n) is 6.10. The molecule has 0 radical (unpaired) electrons. The molecule has 4 nitrogen and oxygen atoms in total. The number of halogens is 1. The molecule has 0 saturated heterocycles. The molecule has 0 amide bonds. The van der Waals surface area contributed by atoms with E-state index in [2.05, 4.69) is 21.6 Å².